The molecule has 0 aromatic rings. The van der Waals surface area contributed by atoms with Gasteiger partial charge in [-0.25, -0.2) is 4.79 Å². The summed E-state index contributed by atoms with van der Waals surface area (Å²) in [6.07, 6.45) is -7.64. The number of ether oxygens (including phenoxy) is 1. The first kappa shape index (κ1) is 49.3. The summed E-state index contributed by atoms with van der Waals surface area (Å²) < 4.78 is 4.55. The van der Waals surface area contributed by atoms with Gasteiger partial charge >= 0.3 is 5.97 Å². The molecule has 1 fully saturated rings. The quantitative estimate of drug-likeness (QED) is 0.0553. The van der Waals surface area contributed by atoms with Crippen LogP contribution < -0.4 is 48.3 Å². The first-order valence-corrected chi connectivity index (χ1v) is 17.2. The van der Waals surface area contributed by atoms with Crippen LogP contribution >= 0.6 is 0 Å². The average Bonchev–Trinajstić information content (AvgIpc) is 3.16. The van der Waals surface area contributed by atoms with E-state index in [1.165, 1.54) is 33.8 Å². The van der Waals surface area contributed by atoms with Crippen LogP contribution in [0.15, 0.2) is 11.6 Å². The largest absolute Gasteiger partial charge is 0.467 e. The zero-order valence-corrected chi connectivity index (χ0v) is 31.9. The Kier molecular flexibility index (Phi) is 19.6. The average molecular weight is 818 g/mol. The number of aliphatic hydroxyl groups is 5. The van der Waals surface area contributed by atoms with Crippen molar-refractivity contribution in [2.75, 3.05) is 26.8 Å². The molecule has 0 aliphatic carbocycles. The highest BCUT2D eigenvalue weighted by Gasteiger charge is 2.41. The standard InChI is InChI=1S/C32H51N9O16/c1-7-12(4)24(48)34-8-14-25(49)37-15(10-42)26(50)38-17(11(2)3)29(53)40-19(21(45)22(46)23(33)47)30(54)39-18(13(5)43)28(52)35-9-16(44)27(51)41-20(31(55)36-14)32(56)57-6/h7,11,13-22,42-46H,8-10H2,1-6H3,(H2,33,47)(H,34,48)(H,35,52)(H,36,55)(H,37,49)(H,38,50)(H,39,54)(H,40,53)(H,41,51)/b12-7-. The van der Waals surface area contributed by atoms with Crippen LogP contribution in [0.2, 0.25) is 0 Å². The van der Waals surface area contributed by atoms with Gasteiger partial charge in [0.15, 0.2) is 6.10 Å². The Morgan fingerprint density at radius 3 is 1.82 bits per heavy atom. The number of hydrogen-bond acceptors (Lipinski definition) is 16. The number of hydrogen-bond donors (Lipinski definition) is 14. The van der Waals surface area contributed by atoms with Gasteiger partial charge in [-0.3, -0.25) is 43.2 Å². The van der Waals surface area contributed by atoms with Crippen molar-refractivity contribution in [2.45, 2.75) is 95.3 Å². The molecule has 9 amide bonds. The van der Waals surface area contributed by atoms with E-state index in [4.69, 9.17) is 5.73 Å². The summed E-state index contributed by atoms with van der Waals surface area (Å²) in [6, 6.07) is -12.1. The monoisotopic (exact) mass is 817 g/mol. The van der Waals surface area contributed by atoms with Crippen LogP contribution in [0.4, 0.5) is 0 Å². The fraction of sp³-hybridized carbons (Fsp3) is 0.625. The first-order valence-electron chi connectivity index (χ1n) is 17.2. The first-order chi connectivity index (χ1) is 26.5. The number of carbonyl (C=O) groups is 10. The number of esters is 1. The summed E-state index contributed by atoms with van der Waals surface area (Å²) in [4.78, 5) is 130. The summed E-state index contributed by atoms with van der Waals surface area (Å²) in [7, 11) is 0.822. The molecule has 0 aromatic heterocycles. The summed E-state index contributed by atoms with van der Waals surface area (Å²) in [5.41, 5.74) is 5.23. The van der Waals surface area contributed by atoms with Gasteiger partial charge in [-0.1, -0.05) is 19.9 Å². The van der Waals surface area contributed by atoms with E-state index in [0.29, 0.717) is 0 Å². The van der Waals surface area contributed by atoms with Gasteiger partial charge in [0.2, 0.25) is 47.4 Å². The van der Waals surface area contributed by atoms with Crippen molar-refractivity contribution in [1.29, 1.82) is 0 Å². The minimum absolute atomic E-state index is 0.169. The third-order valence-corrected chi connectivity index (χ3v) is 8.31. The SMILES string of the molecule is C/C=C(/C)C(=O)NCC1NC(=O)C(C(=O)OC)NC(=O)C(O)CNC(=O)C(C(C)O)NC(=O)C(C(O)C(O)C(N)=O)NC(=O)C(C(C)C)NC(=O)C(CO)NC1=O. The highest BCUT2D eigenvalue weighted by Crippen LogP contribution is 2.09. The van der Waals surface area contributed by atoms with Gasteiger partial charge in [0.25, 0.3) is 11.8 Å². The Morgan fingerprint density at radius 2 is 1.32 bits per heavy atom. The van der Waals surface area contributed by atoms with Crippen LogP contribution in [0.25, 0.3) is 0 Å². The maximum Gasteiger partial charge on any atom is 0.338 e. The normalized spacial score (nSPS) is 26.9. The number of rotatable bonds is 10. The van der Waals surface area contributed by atoms with Crippen LogP contribution in [0.1, 0.15) is 34.6 Å². The zero-order chi connectivity index (χ0) is 43.9. The Balaban J connectivity index is 3.85. The van der Waals surface area contributed by atoms with Crippen molar-refractivity contribution in [3.8, 4) is 0 Å². The molecule has 25 nitrogen and oxygen atoms in total. The Morgan fingerprint density at radius 1 is 0.789 bits per heavy atom. The van der Waals surface area contributed by atoms with Gasteiger partial charge < -0.3 is 78.5 Å². The molecule has 1 saturated heterocycles. The van der Waals surface area contributed by atoms with Crippen molar-refractivity contribution in [3.63, 3.8) is 0 Å². The molecule has 57 heavy (non-hydrogen) atoms. The van der Waals surface area contributed by atoms with E-state index in [1.807, 2.05) is 21.3 Å². The molecule has 0 aromatic carbocycles. The number of nitrogens with one attached hydrogen (secondary N) is 8. The van der Waals surface area contributed by atoms with Crippen LogP contribution in [-0.4, -0.2) is 172 Å². The topological polar surface area (TPSA) is 403 Å². The molecule has 1 rings (SSSR count). The van der Waals surface area contributed by atoms with Gasteiger partial charge in [-0.15, -0.1) is 0 Å². The Bertz CT molecular complexity index is 1570. The van der Waals surface area contributed by atoms with Crippen LogP contribution in [0.3, 0.4) is 0 Å². The number of primary amides is 1. The Hall–Kier alpha value is -5.76. The number of allylic oxidation sites excluding steroid dienone is 1. The molecular formula is C32H51N9O16. The highest BCUT2D eigenvalue weighted by atomic mass is 16.5. The lowest BCUT2D eigenvalue weighted by molar-refractivity contribution is -0.151. The van der Waals surface area contributed by atoms with Crippen molar-refractivity contribution in [2.24, 2.45) is 11.7 Å². The molecule has 0 radical (unpaired) electrons. The lowest BCUT2D eigenvalue weighted by Crippen LogP contribution is -2.66. The molecule has 1 aliphatic rings. The van der Waals surface area contributed by atoms with Gasteiger partial charge in [0, 0.05) is 12.1 Å². The number of aliphatic hydroxyl groups excluding tert-OH is 5. The molecule has 10 atom stereocenters. The van der Waals surface area contributed by atoms with Gasteiger partial charge in [0.05, 0.1) is 26.4 Å². The minimum atomic E-state index is -2.51. The second kappa shape index (κ2) is 22.7. The van der Waals surface area contributed by atoms with Crippen molar-refractivity contribution in [3.05, 3.63) is 11.6 Å². The molecule has 1 heterocycles. The highest BCUT2D eigenvalue weighted by molar-refractivity contribution is 6.07. The molecule has 0 spiro atoms. The van der Waals surface area contributed by atoms with Crippen molar-refractivity contribution in [1.82, 2.24) is 42.5 Å². The smallest absolute Gasteiger partial charge is 0.338 e. The van der Waals surface area contributed by atoms with Crippen LogP contribution in [0, 0.1) is 5.92 Å². The fourth-order valence-electron chi connectivity index (χ4n) is 4.72. The number of nitrogens with two attached hydrogens (primary N) is 1. The van der Waals surface area contributed by atoms with E-state index in [0.717, 1.165) is 14.0 Å². The molecule has 10 unspecified atom stereocenters. The van der Waals surface area contributed by atoms with Crippen molar-refractivity contribution >= 4 is 59.1 Å². The van der Waals surface area contributed by atoms with E-state index in [9.17, 15) is 73.5 Å². The number of methoxy groups -OCH3 is 1. The van der Waals surface area contributed by atoms with E-state index in [-0.39, 0.29) is 5.57 Å². The molecule has 15 N–H and O–H groups in total. The third-order valence-electron chi connectivity index (χ3n) is 8.31. The predicted octanol–water partition coefficient (Wildman–Crippen LogP) is -9.12. The molecule has 0 saturated carbocycles. The van der Waals surface area contributed by atoms with E-state index in [2.05, 4.69) is 26.0 Å². The Labute approximate surface area is 325 Å². The van der Waals surface area contributed by atoms with Gasteiger partial charge in [0.1, 0.15) is 42.4 Å². The van der Waals surface area contributed by atoms with Gasteiger partial charge in [-0.05, 0) is 26.7 Å². The maximum atomic E-state index is 13.5. The predicted molar refractivity (Wildman–Crippen MR) is 190 cm³/mol. The lowest BCUT2D eigenvalue weighted by atomic mass is 9.99. The molecular weight excluding hydrogens is 766 g/mol. The van der Waals surface area contributed by atoms with E-state index < -0.39 is 145 Å². The summed E-state index contributed by atoms with van der Waals surface area (Å²) in [5.74, 6) is -14.1. The maximum absolute atomic E-state index is 13.5. The molecule has 25 heteroatoms. The summed E-state index contributed by atoms with van der Waals surface area (Å²) >= 11 is 0. The molecule has 1 aliphatic heterocycles. The summed E-state index contributed by atoms with van der Waals surface area (Å²) in [6.45, 7) is 3.86. The number of amides is 9. The second-order valence-corrected chi connectivity index (χ2v) is 13.0. The van der Waals surface area contributed by atoms with Crippen LogP contribution in [-0.2, 0) is 52.7 Å². The zero-order valence-electron chi connectivity index (χ0n) is 31.9. The minimum Gasteiger partial charge on any atom is -0.467 e. The summed E-state index contributed by atoms with van der Waals surface area (Å²) in [5, 5.41) is 68.4. The molecule has 320 valence electrons. The van der Waals surface area contributed by atoms with E-state index >= 15 is 0 Å². The van der Waals surface area contributed by atoms with Gasteiger partial charge in [-0.2, -0.15) is 0 Å². The number of carbonyl (C=O) groups excluding carboxylic acids is 10. The third kappa shape index (κ3) is 14.4. The molecule has 0 bridgehead atoms. The lowest BCUT2D eigenvalue weighted by Gasteiger charge is -2.31. The van der Waals surface area contributed by atoms with E-state index in [1.54, 1.807) is 0 Å². The van der Waals surface area contributed by atoms with Crippen molar-refractivity contribution < 1.29 is 78.2 Å². The van der Waals surface area contributed by atoms with Crippen LogP contribution in [0.5, 0.6) is 0 Å². The second-order valence-electron chi connectivity index (χ2n) is 13.0. The number of β-amino-alcohol motifs (C(OH)–C–C–N with tert-alkyl or cyclic N) is 1. The fourth-order valence-corrected chi connectivity index (χ4v) is 4.72.